The zero-order valence-electron chi connectivity index (χ0n) is 14.6. The smallest absolute Gasteiger partial charge is 0.227 e. The summed E-state index contributed by atoms with van der Waals surface area (Å²) in [5.41, 5.74) is 1.32. The number of hydrogen-bond acceptors (Lipinski definition) is 7. The summed E-state index contributed by atoms with van der Waals surface area (Å²) < 4.78 is 30.0. The van der Waals surface area contributed by atoms with Crippen molar-refractivity contribution >= 4 is 21.4 Å². The van der Waals surface area contributed by atoms with Gasteiger partial charge in [0.15, 0.2) is 5.82 Å². The normalized spacial score (nSPS) is 17.2. The Hall–Kier alpha value is -1.29. The molecule has 138 valence electrons. The van der Waals surface area contributed by atoms with E-state index in [1.54, 1.807) is 11.3 Å². The number of sulfonamides is 1. The van der Waals surface area contributed by atoms with Gasteiger partial charge in [0.05, 0.1) is 6.26 Å². The Morgan fingerprint density at radius 3 is 2.80 bits per heavy atom. The van der Waals surface area contributed by atoms with Gasteiger partial charge >= 0.3 is 0 Å². The highest BCUT2D eigenvalue weighted by Crippen LogP contribution is 2.27. The molecule has 1 aliphatic heterocycles. The van der Waals surface area contributed by atoms with E-state index in [4.69, 9.17) is 4.52 Å². The first-order valence-corrected chi connectivity index (χ1v) is 11.2. The van der Waals surface area contributed by atoms with Crippen LogP contribution < -0.4 is 5.32 Å². The third kappa shape index (κ3) is 4.87. The van der Waals surface area contributed by atoms with Crippen LogP contribution in [-0.4, -0.2) is 48.8 Å². The lowest BCUT2D eigenvalue weighted by Gasteiger charge is -2.28. The number of piperidine rings is 1. The van der Waals surface area contributed by atoms with E-state index in [0.717, 1.165) is 25.9 Å². The van der Waals surface area contributed by atoms with Gasteiger partial charge in [-0.3, -0.25) is 0 Å². The van der Waals surface area contributed by atoms with Crippen LogP contribution in [-0.2, 0) is 23.0 Å². The largest absolute Gasteiger partial charge is 0.339 e. The van der Waals surface area contributed by atoms with Crippen molar-refractivity contribution in [3.8, 4) is 0 Å². The lowest BCUT2D eigenvalue weighted by atomic mass is 9.97. The Bertz CT molecular complexity index is 792. The first-order valence-electron chi connectivity index (χ1n) is 8.45. The highest BCUT2D eigenvalue weighted by molar-refractivity contribution is 7.88. The Balaban J connectivity index is 1.44. The van der Waals surface area contributed by atoms with Gasteiger partial charge < -0.3 is 9.84 Å². The van der Waals surface area contributed by atoms with Crippen LogP contribution in [0.1, 0.15) is 40.9 Å². The highest BCUT2D eigenvalue weighted by atomic mass is 32.2. The fourth-order valence-corrected chi connectivity index (χ4v) is 4.71. The first-order chi connectivity index (χ1) is 11.9. The maximum atomic E-state index is 11.6. The fraction of sp³-hybridized carbons (Fsp3) is 0.625. The van der Waals surface area contributed by atoms with Gasteiger partial charge in [-0.15, -0.1) is 11.3 Å². The number of thiophene rings is 1. The van der Waals surface area contributed by atoms with Crippen LogP contribution in [0.2, 0.25) is 0 Å². The standard InChI is InChI=1S/C16H24N4O3S2/c1-12-6-10-24-14(12)11-17-7-3-15-18-16(19-23-15)13-4-8-20(9-5-13)25(2,21)22/h6,10,13,17H,3-5,7-9,11H2,1-2H3. The number of nitrogens with zero attached hydrogens (tertiary/aromatic N) is 3. The summed E-state index contributed by atoms with van der Waals surface area (Å²) in [6.45, 7) is 4.80. The highest BCUT2D eigenvalue weighted by Gasteiger charge is 2.28. The number of hydrogen-bond donors (Lipinski definition) is 1. The number of rotatable bonds is 7. The Morgan fingerprint density at radius 1 is 1.40 bits per heavy atom. The quantitative estimate of drug-likeness (QED) is 0.734. The summed E-state index contributed by atoms with van der Waals surface area (Å²) >= 11 is 1.76. The molecule has 0 radical (unpaired) electrons. The van der Waals surface area contributed by atoms with Gasteiger partial charge in [0.25, 0.3) is 0 Å². The van der Waals surface area contributed by atoms with E-state index in [1.165, 1.54) is 21.0 Å². The average molecular weight is 385 g/mol. The molecule has 0 bridgehead atoms. The summed E-state index contributed by atoms with van der Waals surface area (Å²) in [5, 5.41) is 9.59. The van der Waals surface area contributed by atoms with Gasteiger partial charge in [0.1, 0.15) is 0 Å². The molecule has 0 aromatic carbocycles. The molecule has 3 rings (SSSR count). The molecule has 0 spiro atoms. The molecule has 0 saturated carbocycles. The zero-order valence-corrected chi connectivity index (χ0v) is 16.2. The van der Waals surface area contributed by atoms with Crippen LogP contribution in [0.4, 0.5) is 0 Å². The molecule has 1 N–H and O–H groups in total. The van der Waals surface area contributed by atoms with Crippen molar-refractivity contribution in [3.05, 3.63) is 33.6 Å². The zero-order chi connectivity index (χ0) is 17.9. The van der Waals surface area contributed by atoms with Crippen molar-refractivity contribution in [3.63, 3.8) is 0 Å². The molecule has 1 fully saturated rings. The van der Waals surface area contributed by atoms with Gasteiger partial charge in [0, 0.05) is 43.4 Å². The molecule has 9 heteroatoms. The molecule has 0 unspecified atom stereocenters. The first kappa shape index (κ1) is 18.5. The second kappa shape index (κ2) is 7.94. The summed E-state index contributed by atoms with van der Waals surface area (Å²) in [6, 6.07) is 2.13. The van der Waals surface area contributed by atoms with Gasteiger partial charge in [-0.2, -0.15) is 4.98 Å². The molecule has 3 heterocycles. The fourth-order valence-electron chi connectivity index (χ4n) is 2.96. The minimum Gasteiger partial charge on any atom is -0.339 e. The van der Waals surface area contributed by atoms with Crippen LogP contribution in [0.3, 0.4) is 0 Å². The Morgan fingerprint density at radius 2 is 2.16 bits per heavy atom. The molecule has 2 aromatic heterocycles. The molecule has 0 amide bonds. The van der Waals surface area contributed by atoms with Crippen molar-refractivity contribution in [1.29, 1.82) is 0 Å². The topological polar surface area (TPSA) is 88.3 Å². The van der Waals surface area contributed by atoms with Crippen molar-refractivity contribution in [1.82, 2.24) is 19.8 Å². The number of nitrogens with one attached hydrogen (secondary N) is 1. The van der Waals surface area contributed by atoms with E-state index in [1.807, 2.05) is 0 Å². The molecule has 2 aromatic rings. The van der Waals surface area contributed by atoms with Gasteiger partial charge in [-0.25, -0.2) is 12.7 Å². The molecule has 1 saturated heterocycles. The van der Waals surface area contributed by atoms with Crippen LogP contribution in [0.15, 0.2) is 16.0 Å². The molecule has 1 aliphatic rings. The van der Waals surface area contributed by atoms with Crippen LogP contribution in [0.5, 0.6) is 0 Å². The minimum atomic E-state index is -3.10. The lowest BCUT2D eigenvalue weighted by Crippen LogP contribution is -2.37. The van der Waals surface area contributed by atoms with Crippen molar-refractivity contribution in [2.75, 3.05) is 25.9 Å². The third-order valence-corrected chi connectivity index (χ3v) is 6.87. The molecule has 0 aliphatic carbocycles. The second-order valence-electron chi connectivity index (χ2n) is 6.44. The van der Waals surface area contributed by atoms with Crippen molar-refractivity contribution < 1.29 is 12.9 Å². The third-order valence-electron chi connectivity index (χ3n) is 4.54. The number of aromatic nitrogens is 2. The van der Waals surface area contributed by atoms with E-state index in [2.05, 4.69) is 33.8 Å². The van der Waals surface area contributed by atoms with Gasteiger partial charge in [-0.1, -0.05) is 5.16 Å². The van der Waals surface area contributed by atoms with Crippen molar-refractivity contribution in [2.45, 2.75) is 38.6 Å². The van der Waals surface area contributed by atoms with E-state index < -0.39 is 10.0 Å². The molecule has 25 heavy (non-hydrogen) atoms. The SMILES string of the molecule is Cc1ccsc1CNCCc1nc(C2CCN(S(C)(=O)=O)CC2)no1. The predicted molar refractivity (Wildman–Crippen MR) is 97.2 cm³/mol. The van der Waals surface area contributed by atoms with Crippen LogP contribution >= 0.6 is 11.3 Å². The van der Waals surface area contributed by atoms with E-state index in [9.17, 15) is 8.42 Å². The maximum Gasteiger partial charge on any atom is 0.227 e. The Kier molecular flexibility index (Phi) is 5.88. The predicted octanol–water partition coefficient (Wildman–Crippen LogP) is 1.91. The lowest BCUT2D eigenvalue weighted by molar-refractivity contribution is 0.306. The van der Waals surface area contributed by atoms with Crippen LogP contribution in [0, 0.1) is 6.92 Å². The van der Waals surface area contributed by atoms with E-state index in [0.29, 0.717) is 31.2 Å². The van der Waals surface area contributed by atoms with Gasteiger partial charge in [0.2, 0.25) is 15.9 Å². The molecule has 7 nitrogen and oxygen atoms in total. The summed E-state index contributed by atoms with van der Waals surface area (Å²) in [6.07, 6.45) is 3.42. The van der Waals surface area contributed by atoms with Crippen LogP contribution in [0.25, 0.3) is 0 Å². The molecule has 0 atom stereocenters. The summed E-state index contributed by atoms with van der Waals surface area (Å²) in [7, 11) is -3.10. The Labute approximate surface area is 152 Å². The van der Waals surface area contributed by atoms with E-state index >= 15 is 0 Å². The minimum absolute atomic E-state index is 0.178. The molecular weight excluding hydrogens is 360 g/mol. The molecular formula is C16H24N4O3S2. The summed E-state index contributed by atoms with van der Waals surface area (Å²) in [4.78, 5) is 5.84. The summed E-state index contributed by atoms with van der Waals surface area (Å²) in [5.74, 6) is 1.52. The van der Waals surface area contributed by atoms with Crippen molar-refractivity contribution in [2.24, 2.45) is 0 Å². The average Bonchev–Trinajstić information content (AvgIpc) is 3.20. The number of aryl methyl sites for hydroxylation is 1. The monoisotopic (exact) mass is 384 g/mol. The maximum absolute atomic E-state index is 11.6. The van der Waals surface area contributed by atoms with Gasteiger partial charge in [-0.05, 0) is 36.8 Å². The van der Waals surface area contributed by atoms with E-state index in [-0.39, 0.29) is 5.92 Å². The second-order valence-corrected chi connectivity index (χ2v) is 9.42.